The minimum Gasteiger partial charge on any atom is -0.349 e. The summed E-state index contributed by atoms with van der Waals surface area (Å²) in [7, 11) is -3.45. The molecular weight excluding hydrogens is 617 g/mol. The molecule has 0 saturated carbocycles. The Morgan fingerprint density at radius 1 is 0.542 bits per heavy atom. The van der Waals surface area contributed by atoms with E-state index in [1.165, 1.54) is 128 Å². The smallest absolute Gasteiger partial charge is 0.264 e. The van der Waals surface area contributed by atoms with Crippen LogP contribution in [0.3, 0.4) is 0 Å². The van der Waals surface area contributed by atoms with Crippen molar-refractivity contribution in [1.29, 1.82) is 0 Å². The van der Waals surface area contributed by atoms with Crippen LogP contribution in [0.25, 0.3) is 0 Å². The summed E-state index contributed by atoms with van der Waals surface area (Å²) in [6, 6.07) is 0. The number of hydrogen-bond donors (Lipinski definition) is 0. The maximum absolute atomic E-state index is 11.4. The predicted octanol–water partition coefficient (Wildman–Crippen LogP) is 12.7. The standard InChI is InChI=1S/C42H76O5S/c1-4-6-8-10-12-14-16-18-20-22-24-26-28-30-32-34-36-42(45-38-41(39-46-42)40-47-48(3,43)44)37-35-33-31-29-27-25-23-21-19-17-15-13-11-9-7-5-2/h12-15,18-21,41H,4-11,16-17,22-40H2,1-3H3/b14-12-,15-13-,20-18-,21-19-. The van der Waals surface area contributed by atoms with Gasteiger partial charge in [-0.3, -0.25) is 4.18 Å². The predicted molar refractivity (Wildman–Crippen MR) is 207 cm³/mol. The molecule has 1 saturated heterocycles. The lowest BCUT2D eigenvalue weighted by molar-refractivity contribution is -0.292. The third-order valence-corrected chi connectivity index (χ3v) is 9.76. The lowest BCUT2D eigenvalue weighted by atomic mass is 9.97. The third kappa shape index (κ3) is 28.6. The zero-order chi connectivity index (χ0) is 34.9. The molecule has 0 aromatic rings. The van der Waals surface area contributed by atoms with Crippen LogP contribution in [-0.4, -0.2) is 40.3 Å². The summed E-state index contributed by atoms with van der Waals surface area (Å²) in [4.78, 5) is 0. The molecule has 0 atom stereocenters. The van der Waals surface area contributed by atoms with Crippen molar-refractivity contribution in [2.75, 3.05) is 26.1 Å². The van der Waals surface area contributed by atoms with Crippen LogP contribution < -0.4 is 0 Å². The average Bonchev–Trinajstić information content (AvgIpc) is 3.07. The van der Waals surface area contributed by atoms with Gasteiger partial charge in [0.2, 0.25) is 0 Å². The largest absolute Gasteiger partial charge is 0.349 e. The van der Waals surface area contributed by atoms with Crippen molar-refractivity contribution in [3.63, 3.8) is 0 Å². The summed E-state index contributed by atoms with van der Waals surface area (Å²) in [5, 5.41) is 0. The molecule has 1 rings (SSSR count). The number of ether oxygens (including phenoxy) is 2. The summed E-state index contributed by atoms with van der Waals surface area (Å²) in [6.45, 7) is 5.64. The molecule has 0 amide bonds. The molecule has 280 valence electrons. The van der Waals surface area contributed by atoms with Crippen molar-refractivity contribution in [2.45, 2.75) is 187 Å². The van der Waals surface area contributed by atoms with Gasteiger partial charge in [0, 0.05) is 18.8 Å². The number of hydrogen-bond acceptors (Lipinski definition) is 5. The summed E-state index contributed by atoms with van der Waals surface area (Å²) in [5.74, 6) is -0.564. The van der Waals surface area contributed by atoms with Gasteiger partial charge in [-0.2, -0.15) is 8.42 Å². The highest BCUT2D eigenvalue weighted by atomic mass is 32.2. The first kappa shape index (κ1) is 44.8. The van der Waals surface area contributed by atoms with Gasteiger partial charge in [0.05, 0.1) is 26.1 Å². The highest BCUT2D eigenvalue weighted by molar-refractivity contribution is 7.85. The fourth-order valence-electron chi connectivity index (χ4n) is 6.12. The first-order chi connectivity index (χ1) is 23.4. The molecule has 0 aromatic carbocycles. The van der Waals surface area contributed by atoms with Gasteiger partial charge in [-0.1, -0.05) is 140 Å². The van der Waals surface area contributed by atoms with E-state index in [0.717, 1.165) is 44.8 Å². The van der Waals surface area contributed by atoms with Gasteiger partial charge in [0.25, 0.3) is 10.1 Å². The first-order valence-corrected chi connectivity index (χ1v) is 21.9. The van der Waals surface area contributed by atoms with Gasteiger partial charge >= 0.3 is 0 Å². The first-order valence-electron chi connectivity index (χ1n) is 20.1. The van der Waals surface area contributed by atoms with Gasteiger partial charge in [0.15, 0.2) is 5.79 Å². The van der Waals surface area contributed by atoms with E-state index in [-0.39, 0.29) is 12.5 Å². The second-order valence-electron chi connectivity index (χ2n) is 14.1. The Balaban J connectivity index is 2.23. The van der Waals surface area contributed by atoms with E-state index in [0.29, 0.717) is 13.2 Å². The fraction of sp³-hybridized carbons (Fsp3) is 0.810. The number of rotatable bonds is 33. The van der Waals surface area contributed by atoms with E-state index in [9.17, 15) is 8.42 Å². The molecule has 1 aliphatic heterocycles. The second-order valence-corrected chi connectivity index (χ2v) is 15.7. The highest BCUT2D eigenvalue weighted by Gasteiger charge is 2.37. The lowest BCUT2D eigenvalue weighted by Gasteiger charge is -2.40. The maximum Gasteiger partial charge on any atom is 0.264 e. The molecule has 6 heteroatoms. The molecule has 1 aliphatic rings. The molecule has 5 nitrogen and oxygen atoms in total. The van der Waals surface area contributed by atoms with Crippen LogP contribution in [0.15, 0.2) is 48.6 Å². The summed E-state index contributed by atoms with van der Waals surface area (Å²) in [6.07, 6.45) is 51.2. The van der Waals surface area contributed by atoms with Crippen LogP contribution in [0.5, 0.6) is 0 Å². The zero-order valence-corrected chi connectivity index (χ0v) is 32.5. The van der Waals surface area contributed by atoms with Crippen LogP contribution in [0, 0.1) is 5.92 Å². The van der Waals surface area contributed by atoms with E-state index in [1.54, 1.807) is 0 Å². The lowest BCUT2D eigenvalue weighted by Crippen LogP contribution is -2.45. The van der Waals surface area contributed by atoms with Crippen LogP contribution >= 0.6 is 0 Å². The molecular formula is C42H76O5S. The van der Waals surface area contributed by atoms with Crippen LogP contribution in [-0.2, 0) is 23.8 Å². The van der Waals surface area contributed by atoms with Crippen molar-refractivity contribution < 1.29 is 22.1 Å². The Hall–Kier alpha value is -1.21. The normalized spacial score (nSPS) is 16.1. The van der Waals surface area contributed by atoms with Crippen molar-refractivity contribution >= 4 is 10.1 Å². The van der Waals surface area contributed by atoms with E-state index >= 15 is 0 Å². The Morgan fingerprint density at radius 2 is 0.896 bits per heavy atom. The maximum atomic E-state index is 11.4. The molecule has 1 heterocycles. The Morgan fingerprint density at radius 3 is 1.27 bits per heavy atom. The van der Waals surface area contributed by atoms with E-state index < -0.39 is 15.9 Å². The van der Waals surface area contributed by atoms with Crippen LogP contribution in [0.1, 0.15) is 181 Å². The number of unbranched alkanes of at least 4 members (excludes halogenated alkanes) is 18. The van der Waals surface area contributed by atoms with Crippen LogP contribution in [0.4, 0.5) is 0 Å². The third-order valence-electron chi connectivity index (χ3n) is 9.20. The van der Waals surface area contributed by atoms with Crippen molar-refractivity contribution in [1.82, 2.24) is 0 Å². The zero-order valence-electron chi connectivity index (χ0n) is 31.7. The van der Waals surface area contributed by atoms with Crippen molar-refractivity contribution in [3.05, 3.63) is 48.6 Å². The van der Waals surface area contributed by atoms with Gasteiger partial charge in [0.1, 0.15) is 0 Å². The van der Waals surface area contributed by atoms with Gasteiger partial charge in [-0.05, 0) is 77.0 Å². The van der Waals surface area contributed by atoms with Crippen molar-refractivity contribution in [3.8, 4) is 0 Å². The van der Waals surface area contributed by atoms with E-state index in [2.05, 4.69) is 62.5 Å². The van der Waals surface area contributed by atoms with Gasteiger partial charge in [-0.25, -0.2) is 0 Å². The van der Waals surface area contributed by atoms with E-state index in [4.69, 9.17) is 13.7 Å². The quantitative estimate of drug-likeness (QED) is 0.0389. The molecule has 0 radical (unpaired) electrons. The molecule has 0 aliphatic carbocycles. The minimum absolute atomic E-state index is 0.0421. The molecule has 0 aromatic heterocycles. The van der Waals surface area contributed by atoms with Gasteiger partial charge in [-0.15, -0.1) is 0 Å². The SMILES string of the molecule is CCCCC/C=C\C/C=C\CCCCCCCCC1(CCCCCCCC/C=C\C/C=C\CCCCC)OCC(COS(C)(=O)=O)CO1. The van der Waals surface area contributed by atoms with Gasteiger partial charge < -0.3 is 9.47 Å². The van der Waals surface area contributed by atoms with Crippen LogP contribution in [0.2, 0.25) is 0 Å². The molecule has 1 fully saturated rings. The molecule has 0 N–H and O–H groups in total. The Kier molecular flexibility index (Phi) is 29.6. The summed E-state index contributed by atoms with van der Waals surface area (Å²) in [5.41, 5.74) is 0. The van der Waals surface area contributed by atoms with Crippen molar-refractivity contribution in [2.24, 2.45) is 5.92 Å². The molecule has 0 spiro atoms. The van der Waals surface area contributed by atoms with E-state index in [1.807, 2.05) is 0 Å². The molecule has 48 heavy (non-hydrogen) atoms. The topological polar surface area (TPSA) is 61.8 Å². The highest BCUT2D eigenvalue weighted by Crippen LogP contribution is 2.33. The summed E-state index contributed by atoms with van der Waals surface area (Å²) < 4.78 is 40.6. The Labute approximate surface area is 298 Å². The molecule has 0 bridgehead atoms. The second kappa shape index (κ2) is 31.7. The minimum atomic E-state index is -3.45. The fourth-order valence-corrected chi connectivity index (χ4v) is 6.56. The average molecular weight is 693 g/mol. The number of allylic oxidation sites excluding steroid dienone is 8. The summed E-state index contributed by atoms with van der Waals surface area (Å²) >= 11 is 0. The Bertz CT molecular complexity index is 878. The molecule has 0 unspecified atom stereocenters. The monoisotopic (exact) mass is 693 g/mol.